The molecule has 1 unspecified atom stereocenters. The SMILES string of the molecule is Cc1ccccc1NC(=O)C(Sc1cccc(NC(=O)/C(=C/c2ccc(Br)cc2)NC(=O)c2ccccc2)c1)c1ccccc1. The summed E-state index contributed by atoms with van der Waals surface area (Å²) in [7, 11) is 0. The molecule has 0 bridgehead atoms. The lowest BCUT2D eigenvalue weighted by Gasteiger charge is -2.18. The fourth-order valence-corrected chi connectivity index (χ4v) is 5.81. The monoisotopic (exact) mass is 675 g/mol. The number of rotatable bonds is 10. The van der Waals surface area contributed by atoms with Crippen LogP contribution in [0.5, 0.6) is 0 Å². The quantitative estimate of drug-likeness (QED) is 0.102. The van der Waals surface area contributed by atoms with Crippen molar-refractivity contribution < 1.29 is 14.4 Å². The second kappa shape index (κ2) is 15.2. The molecule has 0 aromatic heterocycles. The van der Waals surface area contributed by atoms with Gasteiger partial charge >= 0.3 is 0 Å². The van der Waals surface area contributed by atoms with Crippen molar-refractivity contribution in [1.29, 1.82) is 0 Å². The summed E-state index contributed by atoms with van der Waals surface area (Å²) in [6.07, 6.45) is 1.63. The van der Waals surface area contributed by atoms with Crippen LogP contribution < -0.4 is 16.0 Å². The Morgan fingerprint density at radius 3 is 2.11 bits per heavy atom. The maximum atomic E-state index is 13.6. The molecular weight excluding hydrogens is 646 g/mol. The summed E-state index contributed by atoms with van der Waals surface area (Å²) in [6.45, 7) is 1.95. The Hall–Kier alpha value is -4.92. The lowest BCUT2D eigenvalue weighted by molar-refractivity contribution is -0.116. The van der Waals surface area contributed by atoms with Crippen molar-refractivity contribution in [3.05, 3.63) is 166 Å². The molecule has 3 amide bonds. The number of halogens is 1. The summed E-state index contributed by atoms with van der Waals surface area (Å²) in [6, 6.07) is 40.7. The number of thioether (sulfide) groups is 1. The molecule has 0 spiro atoms. The van der Waals surface area contributed by atoms with Crippen LogP contribution in [0.4, 0.5) is 11.4 Å². The molecular formula is C37H30BrN3O3S. The molecule has 0 heterocycles. The molecule has 224 valence electrons. The van der Waals surface area contributed by atoms with Gasteiger partial charge in [0.1, 0.15) is 10.9 Å². The van der Waals surface area contributed by atoms with Crippen molar-refractivity contribution in [3.63, 3.8) is 0 Å². The van der Waals surface area contributed by atoms with Gasteiger partial charge in [0.2, 0.25) is 5.91 Å². The van der Waals surface area contributed by atoms with E-state index in [1.54, 1.807) is 36.4 Å². The number of hydrogen-bond acceptors (Lipinski definition) is 4. The highest BCUT2D eigenvalue weighted by Gasteiger charge is 2.23. The van der Waals surface area contributed by atoms with Crippen LogP contribution in [0.25, 0.3) is 6.08 Å². The third-order valence-corrected chi connectivity index (χ3v) is 8.58. The van der Waals surface area contributed by atoms with Gasteiger partial charge in [-0.25, -0.2) is 0 Å². The zero-order valence-electron chi connectivity index (χ0n) is 24.4. The molecule has 6 nitrogen and oxygen atoms in total. The summed E-state index contributed by atoms with van der Waals surface area (Å²) in [4.78, 5) is 40.9. The minimum atomic E-state index is -0.547. The molecule has 8 heteroatoms. The molecule has 5 rings (SSSR count). The average Bonchev–Trinajstić information content (AvgIpc) is 3.06. The van der Waals surface area contributed by atoms with E-state index in [4.69, 9.17) is 0 Å². The van der Waals surface area contributed by atoms with Gasteiger partial charge in [0.25, 0.3) is 11.8 Å². The van der Waals surface area contributed by atoms with E-state index in [9.17, 15) is 14.4 Å². The van der Waals surface area contributed by atoms with E-state index in [2.05, 4.69) is 31.9 Å². The zero-order chi connectivity index (χ0) is 31.6. The van der Waals surface area contributed by atoms with Gasteiger partial charge in [0.15, 0.2) is 0 Å². The molecule has 0 saturated heterocycles. The minimum absolute atomic E-state index is 0.0870. The van der Waals surface area contributed by atoms with Crippen LogP contribution in [0.15, 0.2) is 149 Å². The van der Waals surface area contributed by atoms with Gasteiger partial charge in [0, 0.05) is 26.3 Å². The van der Waals surface area contributed by atoms with Crippen LogP contribution in [-0.2, 0) is 9.59 Å². The zero-order valence-corrected chi connectivity index (χ0v) is 26.8. The number of amides is 3. The Balaban J connectivity index is 1.37. The van der Waals surface area contributed by atoms with Gasteiger partial charge in [-0.2, -0.15) is 0 Å². The summed E-state index contributed by atoms with van der Waals surface area (Å²) in [5.41, 5.74) is 4.36. The van der Waals surface area contributed by atoms with Crippen LogP contribution in [-0.4, -0.2) is 17.7 Å². The Labute approximate surface area is 275 Å². The highest BCUT2D eigenvalue weighted by Crippen LogP contribution is 2.37. The number of carbonyl (C=O) groups is 3. The van der Waals surface area contributed by atoms with Crippen molar-refractivity contribution in [1.82, 2.24) is 5.32 Å². The topological polar surface area (TPSA) is 87.3 Å². The number of nitrogens with one attached hydrogen (secondary N) is 3. The predicted molar refractivity (Wildman–Crippen MR) is 186 cm³/mol. The van der Waals surface area contributed by atoms with Gasteiger partial charge < -0.3 is 16.0 Å². The fourth-order valence-electron chi connectivity index (χ4n) is 4.46. The summed E-state index contributed by atoms with van der Waals surface area (Å²) >= 11 is 4.81. The van der Waals surface area contributed by atoms with E-state index in [0.29, 0.717) is 11.3 Å². The summed E-state index contributed by atoms with van der Waals surface area (Å²) in [5, 5.41) is 8.21. The molecule has 0 radical (unpaired) electrons. The van der Waals surface area contributed by atoms with Crippen molar-refractivity contribution in [2.24, 2.45) is 0 Å². The Morgan fingerprint density at radius 2 is 1.40 bits per heavy atom. The van der Waals surface area contributed by atoms with Crippen LogP contribution in [0.1, 0.15) is 32.3 Å². The maximum absolute atomic E-state index is 13.6. The van der Waals surface area contributed by atoms with E-state index in [1.807, 2.05) is 110 Å². The van der Waals surface area contributed by atoms with Crippen LogP contribution in [0.3, 0.4) is 0 Å². The Morgan fingerprint density at radius 1 is 0.733 bits per heavy atom. The van der Waals surface area contributed by atoms with Crippen molar-refractivity contribution in [3.8, 4) is 0 Å². The minimum Gasteiger partial charge on any atom is -0.325 e. The van der Waals surface area contributed by atoms with Crippen LogP contribution in [0.2, 0.25) is 0 Å². The largest absolute Gasteiger partial charge is 0.325 e. The predicted octanol–water partition coefficient (Wildman–Crippen LogP) is 8.64. The van der Waals surface area contributed by atoms with E-state index in [0.717, 1.165) is 31.7 Å². The van der Waals surface area contributed by atoms with Gasteiger partial charge in [-0.3, -0.25) is 14.4 Å². The molecule has 0 aliphatic rings. The van der Waals surface area contributed by atoms with Crippen molar-refractivity contribution >= 4 is 62.9 Å². The molecule has 5 aromatic carbocycles. The number of carbonyl (C=O) groups excluding carboxylic acids is 3. The maximum Gasteiger partial charge on any atom is 0.272 e. The number of hydrogen-bond donors (Lipinski definition) is 3. The molecule has 3 N–H and O–H groups in total. The first-order valence-corrected chi connectivity index (χ1v) is 15.9. The second-order valence-electron chi connectivity index (χ2n) is 10.1. The first-order valence-electron chi connectivity index (χ1n) is 14.2. The molecule has 0 aliphatic heterocycles. The van der Waals surface area contributed by atoms with Gasteiger partial charge in [-0.05, 0) is 78.2 Å². The average molecular weight is 677 g/mol. The molecule has 0 aliphatic carbocycles. The third kappa shape index (κ3) is 8.81. The summed E-state index contributed by atoms with van der Waals surface area (Å²) < 4.78 is 0.898. The van der Waals surface area contributed by atoms with Gasteiger partial charge in [-0.1, -0.05) is 101 Å². The Bertz CT molecular complexity index is 1830. The molecule has 1 atom stereocenters. The fraction of sp³-hybridized carbons (Fsp3) is 0.0541. The standard InChI is InChI=1S/C37H30BrN3O3S/c1-25-11-8-9-18-32(25)40-37(44)34(27-12-4-2-5-13-27)45-31-17-10-16-30(24-31)39-36(43)33(23-26-19-21-29(38)22-20-26)41-35(42)28-14-6-3-7-15-28/h2-24,34H,1H3,(H,39,43)(H,40,44)(H,41,42)/b33-23-. The Kier molecular flexibility index (Phi) is 10.6. The van der Waals surface area contributed by atoms with Crippen molar-refractivity contribution in [2.45, 2.75) is 17.1 Å². The number of aryl methyl sites for hydroxylation is 1. The van der Waals surface area contributed by atoms with Crippen LogP contribution in [0, 0.1) is 6.92 Å². The lowest BCUT2D eigenvalue weighted by Crippen LogP contribution is -2.30. The number of benzene rings is 5. The second-order valence-corrected chi connectivity index (χ2v) is 12.2. The number of para-hydroxylation sites is 1. The molecule has 5 aromatic rings. The molecule has 45 heavy (non-hydrogen) atoms. The van der Waals surface area contributed by atoms with Gasteiger partial charge in [-0.15, -0.1) is 11.8 Å². The van der Waals surface area contributed by atoms with E-state index in [1.165, 1.54) is 11.8 Å². The first kappa shape index (κ1) is 31.5. The van der Waals surface area contributed by atoms with E-state index in [-0.39, 0.29) is 11.6 Å². The highest BCUT2D eigenvalue weighted by atomic mass is 79.9. The number of anilines is 2. The first-order chi connectivity index (χ1) is 21.9. The lowest BCUT2D eigenvalue weighted by atomic mass is 10.1. The van der Waals surface area contributed by atoms with E-state index < -0.39 is 17.1 Å². The normalized spacial score (nSPS) is 11.7. The van der Waals surface area contributed by atoms with E-state index >= 15 is 0 Å². The van der Waals surface area contributed by atoms with Gasteiger partial charge in [0.05, 0.1) is 0 Å². The smallest absolute Gasteiger partial charge is 0.272 e. The third-order valence-electron chi connectivity index (χ3n) is 6.80. The summed E-state index contributed by atoms with van der Waals surface area (Å²) in [5.74, 6) is -1.04. The van der Waals surface area contributed by atoms with Crippen LogP contribution >= 0.6 is 27.7 Å². The highest BCUT2D eigenvalue weighted by molar-refractivity contribution is 9.10. The molecule has 0 fully saturated rings. The van der Waals surface area contributed by atoms with Crippen molar-refractivity contribution in [2.75, 3.05) is 10.6 Å². The molecule has 0 saturated carbocycles.